The van der Waals surface area contributed by atoms with Crippen molar-refractivity contribution in [2.24, 2.45) is 5.92 Å². The summed E-state index contributed by atoms with van der Waals surface area (Å²) in [5, 5.41) is 5.05. The number of likely N-dealkylation sites (tertiary alicyclic amines) is 1. The second-order valence-electron chi connectivity index (χ2n) is 7.33. The lowest BCUT2D eigenvalue weighted by Gasteiger charge is -2.31. The van der Waals surface area contributed by atoms with Gasteiger partial charge in [-0.05, 0) is 68.0 Å². The average molecular weight is 350 g/mol. The number of hydrogen-bond acceptors (Lipinski definition) is 4. The van der Waals surface area contributed by atoms with Gasteiger partial charge in [-0.25, -0.2) is 0 Å². The molecule has 0 N–H and O–H groups in total. The van der Waals surface area contributed by atoms with Crippen molar-refractivity contribution >= 4 is 11.0 Å². The molecule has 0 unspecified atom stereocenters. The van der Waals surface area contributed by atoms with Crippen LogP contribution in [0.5, 0.6) is 5.88 Å². The van der Waals surface area contributed by atoms with Crippen molar-refractivity contribution in [3.63, 3.8) is 0 Å². The molecule has 1 aliphatic rings. The molecule has 2 aromatic carbocycles. The molecule has 1 saturated heterocycles. The Labute approximate surface area is 154 Å². The minimum atomic E-state index is 0.630. The summed E-state index contributed by atoms with van der Waals surface area (Å²) >= 11 is 0. The van der Waals surface area contributed by atoms with Gasteiger partial charge in [-0.1, -0.05) is 42.0 Å². The van der Waals surface area contributed by atoms with Crippen LogP contribution in [0, 0.1) is 12.8 Å². The molecule has 4 heteroatoms. The Balaban J connectivity index is 1.23. The Morgan fingerprint density at radius 1 is 1.12 bits per heavy atom. The highest BCUT2D eigenvalue weighted by atomic mass is 16.5. The first-order chi connectivity index (χ1) is 12.8. The summed E-state index contributed by atoms with van der Waals surface area (Å²) in [5.74, 6) is 1.37. The molecular formula is C22H26N2O2. The van der Waals surface area contributed by atoms with Crippen molar-refractivity contribution in [3.05, 3.63) is 59.7 Å². The van der Waals surface area contributed by atoms with Gasteiger partial charge in [0.05, 0.1) is 12.0 Å². The molecule has 4 nitrogen and oxygen atoms in total. The van der Waals surface area contributed by atoms with Gasteiger partial charge in [0, 0.05) is 6.54 Å². The van der Waals surface area contributed by atoms with Crippen LogP contribution in [0.3, 0.4) is 0 Å². The number of aryl methyl sites for hydroxylation is 1. The van der Waals surface area contributed by atoms with Crippen LogP contribution in [0.25, 0.3) is 11.0 Å². The van der Waals surface area contributed by atoms with E-state index in [-0.39, 0.29) is 0 Å². The fourth-order valence-electron chi connectivity index (χ4n) is 3.73. The van der Waals surface area contributed by atoms with Gasteiger partial charge in [0.2, 0.25) is 0 Å². The summed E-state index contributed by atoms with van der Waals surface area (Å²) in [6.07, 6.45) is 3.57. The van der Waals surface area contributed by atoms with E-state index in [4.69, 9.17) is 9.26 Å². The third-order valence-electron chi connectivity index (χ3n) is 5.31. The summed E-state index contributed by atoms with van der Waals surface area (Å²) in [7, 11) is 0. The lowest BCUT2D eigenvalue weighted by Crippen LogP contribution is -2.33. The van der Waals surface area contributed by atoms with Gasteiger partial charge >= 0.3 is 0 Å². The zero-order valence-corrected chi connectivity index (χ0v) is 15.4. The van der Waals surface area contributed by atoms with Gasteiger partial charge < -0.3 is 9.26 Å². The van der Waals surface area contributed by atoms with E-state index < -0.39 is 0 Å². The Kier molecular flexibility index (Phi) is 5.21. The number of hydrogen-bond donors (Lipinski definition) is 0. The molecule has 0 aliphatic carbocycles. The predicted octanol–water partition coefficient (Wildman–Crippen LogP) is 4.82. The van der Waals surface area contributed by atoms with Crippen LogP contribution < -0.4 is 4.74 Å². The molecule has 1 aromatic heterocycles. The first-order valence-electron chi connectivity index (χ1n) is 9.53. The first kappa shape index (κ1) is 17.1. The smallest absolute Gasteiger partial charge is 0.262 e. The fraction of sp³-hybridized carbons (Fsp3) is 0.409. The molecular weight excluding hydrogens is 324 g/mol. The normalized spacial score (nSPS) is 16.2. The summed E-state index contributed by atoms with van der Waals surface area (Å²) in [6, 6.07) is 16.8. The first-order valence-corrected chi connectivity index (χ1v) is 9.53. The molecule has 0 saturated carbocycles. The van der Waals surface area contributed by atoms with E-state index in [0.717, 1.165) is 29.9 Å². The van der Waals surface area contributed by atoms with E-state index in [1.807, 2.05) is 12.1 Å². The van der Waals surface area contributed by atoms with E-state index >= 15 is 0 Å². The zero-order valence-electron chi connectivity index (χ0n) is 15.4. The maximum absolute atomic E-state index is 5.92. The lowest BCUT2D eigenvalue weighted by atomic mass is 9.93. The van der Waals surface area contributed by atoms with Gasteiger partial charge in [0.15, 0.2) is 5.58 Å². The molecule has 0 bridgehead atoms. The van der Waals surface area contributed by atoms with Crippen LogP contribution in [0.15, 0.2) is 53.1 Å². The van der Waals surface area contributed by atoms with Crippen LogP contribution in [0.1, 0.15) is 30.4 Å². The Bertz CT molecular complexity index is 836. The number of nitrogens with zero attached hydrogens (tertiary/aromatic N) is 2. The van der Waals surface area contributed by atoms with Gasteiger partial charge in [0.1, 0.15) is 0 Å². The van der Waals surface area contributed by atoms with Crippen LogP contribution >= 0.6 is 0 Å². The SMILES string of the molecule is Cc1ccc2onc(OCCC3CCN(Cc4ccccc4)CC3)c2c1. The highest BCUT2D eigenvalue weighted by Crippen LogP contribution is 2.27. The van der Waals surface area contributed by atoms with E-state index in [1.54, 1.807) is 0 Å². The Morgan fingerprint density at radius 2 is 1.92 bits per heavy atom. The largest absolute Gasteiger partial charge is 0.475 e. The fourth-order valence-corrected chi connectivity index (χ4v) is 3.73. The van der Waals surface area contributed by atoms with Crippen LogP contribution in [-0.4, -0.2) is 29.8 Å². The van der Waals surface area contributed by atoms with Gasteiger partial charge in [0.25, 0.3) is 5.88 Å². The summed E-state index contributed by atoms with van der Waals surface area (Å²) < 4.78 is 11.3. The maximum Gasteiger partial charge on any atom is 0.262 e. The van der Waals surface area contributed by atoms with Gasteiger partial charge in [-0.3, -0.25) is 4.90 Å². The van der Waals surface area contributed by atoms with Crippen molar-refractivity contribution < 1.29 is 9.26 Å². The third-order valence-corrected chi connectivity index (χ3v) is 5.31. The third kappa shape index (κ3) is 4.07. The van der Waals surface area contributed by atoms with Crippen LogP contribution in [-0.2, 0) is 6.54 Å². The molecule has 136 valence electrons. The van der Waals surface area contributed by atoms with Crippen molar-refractivity contribution in [1.82, 2.24) is 10.1 Å². The second-order valence-corrected chi connectivity index (χ2v) is 7.33. The molecule has 1 fully saturated rings. The second kappa shape index (κ2) is 7.92. The van der Waals surface area contributed by atoms with Gasteiger partial charge in [-0.2, -0.15) is 0 Å². The monoisotopic (exact) mass is 350 g/mol. The predicted molar refractivity (Wildman–Crippen MR) is 103 cm³/mol. The number of rotatable bonds is 6. The lowest BCUT2D eigenvalue weighted by molar-refractivity contribution is 0.155. The van der Waals surface area contributed by atoms with E-state index in [1.165, 1.54) is 37.1 Å². The summed E-state index contributed by atoms with van der Waals surface area (Å²) in [6.45, 7) is 6.18. The van der Waals surface area contributed by atoms with E-state index in [9.17, 15) is 0 Å². The minimum absolute atomic E-state index is 0.630. The van der Waals surface area contributed by atoms with Gasteiger partial charge in [-0.15, -0.1) is 0 Å². The quantitative estimate of drug-likeness (QED) is 0.639. The summed E-state index contributed by atoms with van der Waals surface area (Å²) in [4.78, 5) is 2.56. The molecule has 3 aromatic rings. The Hall–Kier alpha value is -2.33. The van der Waals surface area contributed by atoms with Crippen LogP contribution in [0.2, 0.25) is 0 Å². The molecule has 26 heavy (non-hydrogen) atoms. The molecule has 4 rings (SSSR count). The molecule has 1 aliphatic heterocycles. The number of ether oxygens (including phenoxy) is 1. The zero-order chi connectivity index (χ0) is 17.8. The molecule has 0 atom stereocenters. The number of fused-ring (bicyclic) bond motifs is 1. The number of aromatic nitrogens is 1. The van der Waals surface area contributed by atoms with E-state index in [2.05, 4.69) is 53.4 Å². The molecule has 0 spiro atoms. The van der Waals surface area contributed by atoms with Crippen molar-refractivity contribution in [2.75, 3.05) is 19.7 Å². The minimum Gasteiger partial charge on any atom is -0.475 e. The number of benzene rings is 2. The maximum atomic E-state index is 5.92. The van der Waals surface area contributed by atoms with Crippen molar-refractivity contribution in [3.8, 4) is 5.88 Å². The molecule has 2 heterocycles. The standard InChI is InChI=1S/C22H26N2O2/c1-17-7-8-21-20(15-17)22(23-26-21)25-14-11-18-9-12-24(13-10-18)16-19-5-3-2-4-6-19/h2-8,15,18H,9-14,16H2,1H3. The topological polar surface area (TPSA) is 38.5 Å². The molecule has 0 radical (unpaired) electrons. The van der Waals surface area contributed by atoms with Crippen molar-refractivity contribution in [1.29, 1.82) is 0 Å². The highest BCUT2D eigenvalue weighted by Gasteiger charge is 2.19. The average Bonchev–Trinajstić information content (AvgIpc) is 3.06. The highest BCUT2D eigenvalue weighted by molar-refractivity contribution is 5.82. The Morgan fingerprint density at radius 3 is 2.73 bits per heavy atom. The van der Waals surface area contributed by atoms with Crippen molar-refractivity contribution in [2.45, 2.75) is 32.7 Å². The molecule has 0 amide bonds. The summed E-state index contributed by atoms with van der Waals surface area (Å²) in [5.41, 5.74) is 3.39. The van der Waals surface area contributed by atoms with Crippen LogP contribution in [0.4, 0.5) is 0 Å². The number of piperidine rings is 1. The van der Waals surface area contributed by atoms with E-state index in [0.29, 0.717) is 12.5 Å².